The Labute approximate surface area is 167 Å². The minimum atomic E-state index is -0.425. The van der Waals surface area contributed by atoms with Crippen LogP contribution in [-0.4, -0.2) is 29.2 Å². The van der Waals surface area contributed by atoms with Gasteiger partial charge in [0.05, 0.1) is 23.7 Å². The number of nitrogens with one attached hydrogen (secondary N) is 1. The molecule has 0 aliphatic rings. The Morgan fingerprint density at radius 2 is 2.14 bits per heavy atom. The van der Waals surface area contributed by atoms with Gasteiger partial charge in [-0.15, -0.1) is 0 Å². The normalized spacial score (nSPS) is 11.3. The first-order chi connectivity index (χ1) is 13.5. The number of amidine groups is 1. The van der Waals surface area contributed by atoms with E-state index in [0.29, 0.717) is 11.4 Å². The Morgan fingerprint density at radius 1 is 1.32 bits per heavy atom. The van der Waals surface area contributed by atoms with Crippen LogP contribution in [0.3, 0.4) is 0 Å². The maximum absolute atomic E-state index is 13.3. The van der Waals surface area contributed by atoms with E-state index in [1.165, 1.54) is 18.2 Å². The second-order valence-corrected chi connectivity index (χ2v) is 6.49. The van der Waals surface area contributed by atoms with E-state index < -0.39 is 5.82 Å². The van der Waals surface area contributed by atoms with Crippen molar-refractivity contribution in [3.05, 3.63) is 64.0 Å². The monoisotopic (exact) mass is 447 g/mol. The van der Waals surface area contributed by atoms with Crippen molar-refractivity contribution in [2.75, 3.05) is 12.4 Å². The van der Waals surface area contributed by atoms with E-state index in [1.54, 1.807) is 31.4 Å². The number of ether oxygens (including phenoxy) is 1. The zero-order chi connectivity index (χ0) is 20.1. The highest BCUT2D eigenvalue weighted by Crippen LogP contribution is 2.23. The van der Waals surface area contributed by atoms with Gasteiger partial charge >= 0.3 is 0 Å². The molecule has 3 N–H and O–H groups in total. The van der Waals surface area contributed by atoms with Gasteiger partial charge in [0.1, 0.15) is 11.6 Å². The highest BCUT2D eigenvalue weighted by Gasteiger charge is 2.17. The largest absolute Gasteiger partial charge is 0.497 e. The summed E-state index contributed by atoms with van der Waals surface area (Å²) in [4.78, 5) is 16.5. The molecule has 3 rings (SSSR count). The van der Waals surface area contributed by atoms with Crippen molar-refractivity contribution in [1.29, 1.82) is 0 Å². The number of nitrogens with zero attached hydrogens (tertiary/aromatic N) is 3. The summed E-state index contributed by atoms with van der Waals surface area (Å²) in [5.41, 5.74) is 7.15. The SMILES string of the molecule is COc1cccc(CC(=O)Nc2nonc2C(N)=Nc2ccc(F)c(Br)c2)c1. The van der Waals surface area contributed by atoms with Crippen molar-refractivity contribution >= 4 is 39.2 Å². The van der Waals surface area contributed by atoms with Crippen LogP contribution in [0.1, 0.15) is 11.3 Å². The van der Waals surface area contributed by atoms with E-state index in [0.717, 1.165) is 5.56 Å². The number of carbonyl (C=O) groups is 1. The summed E-state index contributed by atoms with van der Waals surface area (Å²) in [5, 5.41) is 9.92. The molecule has 0 unspecified atom stereocenters. The number of hydrogen-bond acceptors (Lipinski definition) is 6. The van der Waals surface area contributed by atoms with Gasteiger partial charge in [-0.05, 0) is 62.1 Å². The van der Waals surface area contributed by atoms with Crippen LogP contribution in [0.15, 0.2) is 56.6 Å². The third kappa shape index (κ3) is 4.71. The number of carbonyl (C=O) groups excluding carboxylic acids is 1. The molecule has 10 heteroatoms. The van der Waals surface area contributed by atoms with E-state index in [9.17, 15) is 9.18 Å². The Kier molecular flexibility index (Phi) is 5.99. The van der Waals surface area contributed by atoms with Crippen LogP contribution in [0.25, 0.3) is 0 Å². The van der Waals surface area contributed by atoms with E-state index in [2.05, 4.69) is 41.2 Å². The van der Waals surface area contributed by atoms with E-state index in [1.807, 2.05) is 0 Å². The van der Waals surface area contributed by atoms with Crippen molar-refractivity contribution in [1.82, 2.24) is 10.3 Å². The van der Waals surface area contributed by atoms with Gasteiger partial charge in [0.15, 0.2) is 11.5 Å². The number of hydrogen-bond donors (Lipinski definition) is 2. The molecule has 28 heavy (non-hydrogen) atoms. The average Bonchev–Trinajstić information content (AvgIpc) is 3.13. The first-order valence-electron chi connectivity index (χ1n) is 8.01. The standard InChI is InChI=1S/C18H15BrFN5O3/c1-27-12-4-2-3-10(7-12)8-15(26)23-18-16(24-28-25-18)17(21)22-11-5-6-14(20)13(19)9-11/h2-7,9H,8H2,1H3,(H2,21,22)(H,23,25,26). The Balaban J connectivity index is 1.74. The molecule has 0 saturated carbocycles. The second-order valence-electron chi connectivity index (χ2n) is 5.63. The summed E-state index contributed by atoms with van der Waals surface area (Å²) in [6, 6.07) is 11.3. The first kappa shape index (κ1) is 19.5. The Bertz CT molecular complexity index is 1040. The lowest BCUT2D eigenvalue weighted by Gasteiger charge is -2.05. The van der Waals surface area contributed by atoms with Gasteiger partial charge in [0, 0.05) is 0 Å². The third-order valence-corrected chi connectivity index (χ3v) is 4.25. The van der Waals surface area contributed by atoms with Crippen LogP contribution in [0.4, 0.5) is 15.9 Å². The maximum atomic E-state index is 13.3. The molecule has 0 aliphatic carbocycles. The molecule has 0 atom stereocenters. The van der Waals surface area contributed by atoms with Crippen LogP contribution in [0.5, 0.6) is 5.75 Å². The molecular formula is C18H15BrFN5O3. The van der Waals surface area contributed by atoms with Crippen molar-refractivity contribution in [2.24, 2.45) is 10.7 Å². The summed E-state index contributed by atoms with van der Waals surface area (Å²) in [6.45, 7) is 0. The molecule has 3 aromatic rings. The fourth-order valence-corrected chi connectivity index (χ4v) is 2.70. The summed E-state index contributed by atoms with van der Waals surface area (Å²) < 4.78 is 23.4. The average molecular weight is 448 g/mol. The van der Waals surface area contributed by atoms with Crippen molar-refractivity contribution in [2.45, 2.75) is 6.42 Å². The molecule has 0 aliphatic heterocycles. The summed E-state index contributed by atoms with van der Waals surface area (Å²) in [6.07, 6.45) is 0.0887. The van der Waals surface area contributed by atoms with Crippen molar-refractivity contribution in [3.63, 3.8) is 0 Å². The fraction of sp³-hybridized carbons (Fsp3) is 0.111. The van der Waals surface area contributed by atoms with Crippen molar-refractivity contribution < 1.29 is 18.6 Å². The molecule has 144 valence electrons. The maximum Gasteiger partial charge on any atom is 0.230 e. The predicted octanol–water partition coefficient (Wildman–Crippen LogP) is 3.20. The number of rotatable bonds is 6. The molecular weight excluding hydrogens is 433 g/mol. The molecule has 1 heterocycles. The molecule has 2 aromatic carbocycles. The van der Waals surface area contributed by atoms with E-state index >= 15 is 0 Å². The Morgan fingerprint density at radius 3 is 2.89 bits per heavy atom. The van der Waals surface area contributed by atoms with Gasteiger partial charge in [0.2, 0.25) is 11.7 Å². The molecule has 0 fully saturated rings. The predicted molar refractivity (Wildman–Crippen MR) is 104 cm³/mol. The lowest BCUT2D eigenvalue weighted by molar-refractivity contribution is -0.115. The fourth-order valence-electron chi connectivity index (χ4n) is 2.33. The molecule has 1 amide bonds. The number of amides is 1. The molecule has 1 aromatic heterocycles. The number of aliphatic imine (C=N–C) groups is 1. The highest BCUT2D eigenvalue weighted by molar-refractivity contribution is 9.10. The summed E-state index contributed by atoms with van der Waals surface area (Å²) in [7, 11) is 1.55. The molecule has 0 bridgehead atoms. The van der Waals surface area contributed by atoms with Crippen LogP contribution in [-0.2, 0) is 11.2 Å². The first-order valence-corrected chi connectivity index (χ1v) is 8.80. The number of aromatic nitrogens is 2. The number of nitrogens with two attached hydrogens (primary N) is 1. The number of halogens is 2. The van der Waals surface area contributed by atoms with Gasteiger partial charge in [-0.3, -0.25) is 4.79 Å². The minimum absolute atomic E-state index is 0.0373. The van der Waals surface area contributed by atoms with Gasteiger partial charge < -0.3 is 15.8 Å². The summed E-state index contributed by atoms with van der Waals surface area (Å²) in [5.74, 6) is -0.128. The zero-order valence-corrected chi connectivity index (χ0v) is 16.2. The van der Waals surface area contributed by atoms with Crippen LogP contribution in [0.2, 0.25) is 0 Å². The summed E-state index contributed by atoms with van der Waals surface area (Å²) >= 11 is 3.08. The van der Waals surface area contributed by atoms with Crippen LogP contribution in [0, 0.1) is 5.82 Å². The zero-order valence-electron chi connectivity index (χ0n) is 14.6. The Hall–Kier alpha value is -3.27. The van der Waals surface area contributed by atoms with Crippen molar-refractivity contribution in [3.8, 4) is 5.75 Å². The lowest BCUT2D eigenvalue weighted by atomic mass is 10.1. The van der Waals surface area contributed by atoms with Gasteiger partial charge in [0.25, 0.3) is 0 Å². The third-order valence-electron chi connectivity index (χ3n) is 3.64. The van der Waals surface area contributed by atoms with Gasteiger partial charge in [-0.25, -0.2) is 14.0 Å². The van der Waals surface area contributed by atoms with E-state index in [4.69, 9.17) is 10.5 Å². The minimum Gasteiger partial charge on any atom is -0.497 e. The van der Waals surface area contributed by atoms with Crippen LogP contribution >= 0.6 is 15.9 Å². The quantitative estimate of drug-likeness (QED) is 0.442. The van der Waals surface area contributed by atoms with E-state index in [-0.39, 0.29) is 34.1 Å². The smallest absolute Gasteiger partial charge is 0.230 e. The molecule has 0 saturated heterocycles. The van der Waals surface area contributed by atoms with Gasteiger partial charge in [-0.2, -0.15) is 0 Å². The molecule has 8 nitrogen and oxygen atoms in total. The highest BCUT2D eigenvalue weighted by atomic mass is 79.9. The van der Waals surface area contributed by atoms with Crippen LogP contribution < -0.4 is 15.8 Å². The molecule has 0 radical (unpaired) electrons. The second kappa shape index (κ2) is 8.61. The van der Waals surface area contributed by atoms with Gasteiger partial charge in [-0.1, -0.05) is 12.1 Å². The molecule has 0 spiro atoms. The number of methoxy groups -OCH3 is 1. The number of anilines is 1. The lowest BCUT2D eigenvalue weighted by Crippen LogP contribution is -2.20. The topological polar surface area (TPSA) is 116 Å². The number of benzene rings is 2.